The minimum Gasteiger partial charge on any atom is -0.478 e. The third-order valence-electron chi connectivity index (χ3n) is 2.54. The van der Waals surface area contributed by atoms with Crippen molar-refractivity contribution in [1.82, 2.24) is 5.32 Å². The zero-order chi connectivity index (χ0) is 17.4. The summed E-state index contributed by atoms with van der Waals surface area (Å²) in [6.07, 6.45) is 0. The van der Waals surface area contributed by atoms with Crippen molar-refractivity contribution in [3.63, 3.8) is 0 Å². The fraction of sp³-hybridized carbons (Fsp3) is 0.286. The van der Waals surface area contributed by atoms with Gasteiger partial charge in [-0.1, -0.05) is 12.1 Å². The highest BCUT2D eigenvalue weighted by Crippen LogP contribution is 2.20. The maximum absolute atomic E-state index is 11.8. The van der Waals surface area contributed by atoms with Crippen LogP contribution in [0.5, 0.6) is 5.75 Å². The smallest absolute Gasteiger partial charge is 0.372 e. The quantitative estimate of drug-likeness (QED) is 0.743. The summed E-state index contributed by atoms with van der Waals surface area (Å²) in [6, 6.07) is 4.65. The van der Waals surface area contributed by atoms with Crippen LogP contribution >= 0.6 is 11.8 Å². The van der Waals surface area contributed by atoms with Gasteiger partial charge in [0, 0.05) is 12.7 Å². The Bertz CT molecular complexity index is 617. The summed E-state index contributed by atoms with van der Waals surface area (Å²) in [7, 11) is 1.16. The van der Waals surface area contributed by atoms with E-state index in [-0.39, 0.29) is 17.1 Å². The van der Waals surface area contributed by atoms with Crippen LogP contribution in [0.15, 0.2) is 24.3 Å². The lowest BCUT2D eigenvalue weighted by molar-refractivity contribution is -0.144. The number of para-hydroxylation sites is 1. The molecule has 1 amide bonds. The third kappa shape index (κ3) is 5.99. The summed E-state index contributed by atoms with van der Waals surface area (Å²) in [6.45, 7) is 1.22. The molecule has 1 aromatic rings. The van der Waals surface area contributed by atoms with E-state index < -0.39 is 29.2 Å². The Hall–Kier alpha value is -2.55. The van der Waals surface area contributed by atoms with Gasteiger partial charge in [0.15, 0.2) is 0 Å². The average Bonchev–Trinajstić information content (AvgIpc) is 2.50. The first-order chi connectivity index (χ1) is 10.8. The third-order valence-corrected chi connectivity index (χ3v) is 3.36. The van der Waals surface area contributed by atoms with Crippen LogP contribution in [0.1, 0.15) is 17.3 Å². The predicted molar refractivity (Wildman–Crippen MR) is 81.5 cm³/mol. The molecule has 0 aromatic heterocycles. The number of hydrogen-bond donors (Lipinski definition) is 2. The van der Waals surface area contributed by atoms with Gasteiger partial charge >= 0.3 is 17.2 Å². The van der Waals surface area contributed by atoms with Gasteiger partial charge in [-0.25, -0.2) is 14.4 Å². The maximum Gasteiger partial charge on any atom is 0.372 e. The first kappa shape index (κ1) is 18.5. The zero-order valence-corrected chi connectivity index (χ0v) is 13.2. The molecule has 0 radical (unpaired) electrons. The molecule has 2 N–H and O–H groups in total. The van der Waals surface area contributed by atoms with Crippen LogP contribution in [0.4, 0.5) is 4.79 Å². The molecule has 1 aromatic carbocycles. The van der Waals surface area contributed by atoms with E-state index in [4.69, 9.17) is 9.84 Å². The summed E-state index contributed by atoms with van der Waals surface area (Å²) in [5, 5.41) is 10.5. The van der Waals surface area contributed by atoms with Gasteiger partial charge in [-0.05, 0) is 23.9 Å². The molecule has 0 heterocycles. The number of rotatable bonds is 6. The van der Waals surface area contributed by atoms with Crippen molar-refractivity contribution < 1.29 is 33.8 Å². The van der Waals surface area contributed by atoms with Gasteiger partial charge in [0.1, 0.15) is 17.4 Å². The number of carbonyl (C=O) groups is 4. The summed E-state index contributed by atoms with van der Waals surface area (Å²) >= 11 is 0.616. The summed E-state index contributed by atoms with van der Waals surface area (Å²) in [5.41, 5.74) is -0.159. The van der Waals surface area contributed by atoms with E-state index in [1.54, 1.807) is 0 Å². The van der Waals surface area contributed by atoms with E-state index in [1.165, 1.54) is 31.2 Å². The highest BCUT2D eigenvalue weighted by Gasteiger charge is 2.23. The zero-order valence-electron chi connectivity index (χ0n) is 12.4. The Morgan fingerprint density at radius 3 is 2.48 bits per heavy atom. The molecule has 124 valence electrons. The Morgan fingerprint density at radius 2 is 1.91 bits per heavy atom. The Kier molecular flexibility index (Phi) is 7.07. The average molecular weight is 341 g/mol. The Balaban J connectivity index is 2.67. The van der Waals surface area contributed by atoms with E-state index in [9.17, 15) is 19.2 Å². The number of carbonyl (C=O) groups excluding carboxylic acids is 3. The topological polar surface area (TPSA) is 119 Å². The lowest BCUT2D eigenvalue weighted by Crippen LogP contribution is -2.42. The number of carboxylic acid groups (broad SMARTS) is 1. The molecule has 0 spiro atoms. The number of carboxylic acids is 1. The first-order valence-electron chi connectivity index (χ1n) is 6.37. The SMILES string of the molecule is COC(=O)[C@@H](CSC(=O)Oc1ccccc1C(=O)O)NC(C)=O. The number of methoxy groups -OCH3 is 1. The highest BCUT2D eigenvalue weighted by molar-refractivity contribution is 8.13. The van der Waals surface area contributed by atoms with Crippen LogP contribution in [0.25, 0.3) is 0 Å². The largest absolute Gasteiger partial charge is 0.478 e. The first-order valence-corrected chi connectivity index (χ1v) is 7.35. The summed E-state index contributed by atoms with van der Waals surface area (Å²) < 4.78 is 9.47. The molecule has 9 heteroatoms. The van der Waals surface area contributed by atoms with Crippen molar-refractivity contribution in [3.05, 3.63) is 29.8 Å². The van der Waals surface area contributed by atoms with E-state index >= 15 is 0 Å². The molecule has 0 aliphatic carbocycles. The van der Waals surface area contributed by atoms with Crippen LogP contribution in [0.2, 0.25) is 0 Å². The number of ether oxygens (including phenoxy) is 2. The van der Waals surface area contributed by atoms with Gasteiger partial charge in [-0.2, -0.15) is 0 Å². The van der Waals surface area contributed by atoms with E-state index in [2.05, 4.69) is 10.1 Å². The minimum atomic E-state index is -1.23. The number of thioether (sulfide) groups is 1. The van der Waals surface area contributed by atoms with Gasteiger partial charge in [-0.3, -0.25) is 4.79 Å². The molecule has 23 heavy (non-hydrogen) atoms. The monoisotopic (exact) mass is 341 g/mol. The van der Waals surface area contributed by atoms with E-state index in [1.807, 2.05) is 0 Å². The lowest BCUT2D eigenvalue weighted by atomic mass is 10.2. The molecule has 0 aliphatic heterocycles. The normalized spacial score (nSPS) is 11.2. The second kappa shape index (κ2) is 8.79. The Morgan fingerprint density at radius 1 is 1.26 bits per heavy atom. The number of esters is 1. The van der Waals surface area contributed by atoms with E-state index in [0.717, 1.165) is 7.11 Å². The van der Waals surface area contributed by atoms with Gasteiger partial charge in [0.2, 0.25) is 5.91 Å². The molecule has 0 saturated heterocycles. The molecule has 0 fully saturated rings. The van der Waals surface area contributed by atoms with Crippen LogP contribution in [0.3, 0.4) is 0 Å². The molecule has 0 saturated carbocycles. The second-order valence-electron chi connectivity index (χ2n) is 4.24. The maximum atomic E-state index is 11.8. The molecule has 0 unspecified atom stereocenters. The predicted octanol–water partition coefficient (Wildman–Crippen LogP) is 1.29. The summed E-state index contributed by atoms with van der Waals surface area (Å²) in [4.78, 5) is 45.3. The van der Waals surface area contributed by atoms with E-state index in [0.29, 0.717) is 11.8 Å². The van der Waals surface area contributed by atoms with Crippen molar-refractivity contribution >= 4 is 34.9 Å². The van der Waals surface area contributed by atoms with Crippen molar-refractivity contribution in [1.29, 1.82) is 0 Å². The number of amides is 1. The molecule has 1 rings (SSSR count). The van der Waals surface area contributed by atoms with Gasteiger partial charge < -0.3 is 19.9 Å². The fourth-order valence-electron chi connectivity index (χ4n) is 1.56. The van der Waals surface area contributed by atoms with Gasteiger partial charge in [0.25, 0.3) is 0 Å². The minimum absolute atomic E-state index is 0.105. The van der Waals surface area contributed by atoms with Crippen LogP contribution < -0.4 is 10.1 Å². The van der Waals surface area contributed by atoms with Gasteiger partial charge in [-0.15, -0.1) is 0 Å². The Labute approximate surface area is 136 Å². The van der Waals surface area contributed by atoms with Crippen LogP contribution in [-0.4, -0.2) is 47.2 Å². The number of benzene rings is 1. The molecule has 0 bridgehead atoms. The molecule has 1 atom stereocenters. The summed E-state index contributed by atoms with van der Waals surface area (Å²) in [5.74, 6) is -2.60. The fourth-order valence-corrected chi connectivity index (χ4v) is 2.23. The number of hydrogen-bond acceptors (Lipinski definition) is 7. The number of aromatic carboxylic acids is 1. The molecular weight excluding hydrogens is 326 g/mol. The second-order valence-corrected chi connectivity index (χ2v) is 5.20. The molecule has 0 aliphatic rings. The van der Waals surface area contributed by atoms with Crippen molar-refractivity contribution in [2.45, 2.75) is 13.0 Å². The van der Waals surface area contributed by atoms with Crippen molar-refractivity contribution in [2.24, 2.45) is 0 Å². The lowest BCUT2D eigenvalue weighted by Gasteiger charge is -2.14. The van der Waals surface area contributed by atoms with Crippen molar-refractivity contribution in [2.75, 3.05) is 12.9 Å². The van der Waals surface area contributed by atoms with Gasteiger partial charge in [0.05, 0.1) is 7.11 Å². The number of nitrogens with one attached hydrogen (secondary N) is 1. The van der Waals surface area contributed by atoms with Crippen molar-refractivity contribution in [3.8, 4) is 5.75 Å². The molecular formula is C14H15NO7S. The standard InChI is InChI=1S/C14H15NO7S/c1-8(16)15-10(13(19)21-2)7-23-14(20)22-11-6-4-3-5-9(11)12(17)18/h3-6,10H,7H2,1-2H3,(H,15,16)(H,17,18)/t10-/m1/s1. The molecule has 8 nitrogen and oxygen atoms in total. The van der Waals surface area contributed by atoms with Crippen LogP contribution in [0, 0.1) is 0 Å². The highest BCUT2D eigenvalue weighted by atomic mass is 32.2. The van der Waals surface area contributed by atoms with Crippen LogP contribution in [-0.2, 0) is 14.3 Å².